The molecule has 0 fully saturated rings. The lowest BCUT2D eigenvalue weighted by Gasteiger charge is -1.94. The van der Waals surface area contributed by atoms with Crippen molar-refractivity contribution in [2.45, 2.75) is 39.4 Å². The van der Waals surface area contributed by atoms with E-state index in [1.54, 1.807) is 6.92 Å². The van der Waals surface area contributed by atoms with Crippen LogP contribution in [0, 0.1) is 0 Å². The molecule has 0 saturated heterocycles. The number of hydrogen-bond donors (Lipinski definition) is 3. The van der Waals surface area contributed by atoms with Crippen molar-refractivity contribution < 1.29 is 29.2 Å². The van der Waals surface area contributed by atoms with E-state index in [0.717, 1.165) is 6.42 Å². The van der Waals surface area contributed by atoms with Crippen LogP contribution in [-0.2, 0) is 14.1 Å². The van der Waals surface area contributed by atoms with Gasteiger partial charge in [-0.05, 0) is 6.42 Å². The maximum Gasteiger partial charge on any atom is 0.324 e. The summed E-state index contributed by atoms with van der Waals surface area (Å²) in [5.41, 5.74) is 0. The van der Waals surface area contributed by atoms with Crippen LogP contribution >= 0.6 is 8.69 Å². The van der Waals surface area contributed by atoms with E-state index in [1.807, 2.05) is 6.92 Å². The Morgan fingerprint density at radius 3 is 1.80 bits per heavy atom. The Morgan fingerprint density at radius 1 is 1.40 bits per heavy atom. The van der Waals surface area contributed by atoms with Crippen molar-refractivity contribution in [3.8, 4) is 0 Å². The van der Waals surface area contributed by atoms with Gasteiger partial charge >= 0.3 is 14.7 Å². The molecule has 0 rings (SSSR count). The van der Waals surface area contributed by atoms with Gasteiger partial charge in [0.1, 0.15) is 0 Å². The van der Waals surface area contributed by atoms with Crippen LogP contribution in [0.15, 0.2) is 0 Å². The predicted molar refractivity (Wildman–Crippen MR) is 55.3 cm³/mol. The number of ether oxygens (including phenoxy) is 1. The monoisotopic (exact) mass is 242 g/mol. The lowest BCUT2D eigenvalue weighted by Crippen LogP contribution is -2.01. The zero-order valence-corrected chi connectivity index (χ0v) is 10.1. The molecule has 0 aliphatic carbocycles. The molecule has 0 unspecified atom stereocenters. The summed E-state index contributed by atoms with van der Waals surface area (Å²) in [5, 5.41) is 16.2. The highest BCUT2D eigenvalue weighted by Crippen LogP contribution is 1.88. The molecule has 0 aromatic rings. The van der Waals surface area contributed by atoms with Crippen molar-refractivity contribution in [3.05, 3.63) is 0 Å². The first-order valence-corrected chi connectivity index (χ1v) is 5.16. The Hall–Kier alpha value is -0.550. The van der Waals surface area contributed by atoms with Gasteiger partial charge in [0, 0.05) is 6.42 Å². The summed E-state index contributed by atoms with van der Waals surface area (Å²) in [6, 6.07) is 0. The molecule has 0 bridgehead atoms. The first-order chi connectivity index (χ1) is 6.99. The van der Waals surface area contributed by atoms with E-state index in [2.05, 4.69) is 4.74 Å². The quantitative estimate of drug-likeness (QED) is 0.385. The minimum atomic E-state index is -1.10. The molecule has 0 aliphatic heterocycles. The van der Waals surface area contributed by atoms with Gasteiger partial charge in [0.2, 0.25) is 0 Å². The fraction of sp³-hybridized carbons (Fsp3) is 0.875. The fourth-order valence-electron chi connectivity index (χ4n) is 0.403. The summed E-state index contributed by atoms with van der Waals surface area (Å²) in [6.07, 6.45) is 0.684. The number of hydrogen-bond acceptors (Lipinski definition) is 5. The zero-order valence-electron chi connectivity index (χ0n) is 9.21. The number of carbonyl (C=O) groups is 1. The van der Waals surface area contributed by atoms with E-state index in [-0.39, 0.29) is 5.97 Å². The largest absolute Gasteiger partial charge is 0.469 e. The summed E-state index contributed by atoms with van der Waals surface area (Å²) >= 11 is 0. The number of aliphatic hydroxyl groups excluding tert-OH is 1. The average Bonchev–Trinajstić information content (AvgIpc) is 2.18. The second kappa shape index (κ2) is 19.1. The van der Waals surface area contributed by atoms with Gasteiger partial charge in [-0.1, -0.05) is 20.3 Å². The Balaban J connectivity index is -0.000000153. The lowest BCUT2D eigenvalue weighted by atomic mass is 10.3. The Kier molecular flexibility index (Phi) is 25.4. The molecule has 0 aromatic carbocycles. The minimum absolute atomic E-state index is 0.157. The van der Waals surface area contributed by atoms with Crippen LogP contribution < -0.4 is 0 Å². The van der Waals surface area contributed by atoms with Gasteiger partial charge in [0.15, 0.2) is 6.29 Å². The van der Waals surface area contributed by atoms with E-state index in [0.29, 0.717) is 12.8 Å². The number of aliphatic hydroxyl groups is 2. The molecule has 0 aliphatic rings. The summed E-state index contributed by atoms with van der Waals surface area (Å²) in [6.45, 7) is 3.66. The third-order valence-corrected chi connectivity index (χ3v) is 1.06. The van der Waals surface area contributed by atoms with E-state index in [1.165, 1.54) is 7.11 Å². The van der Waals surface area contributed by atoms with E-state index in [4.69, 9.17) is 19.7 Å². The standard InChI is InChI=1S/C4H8O2.C4H10O2.HO2P/c1-3-4(5)6-2;1-2-3-4(5)6;1-3-2/h3H2,1-2H3;4-6H,2-3H2,1H3;(H,1,2). The zero-order chi connectivity index (χ0) is 12.7. The van der Waals surface area contributed by atoms with Crippen LogP contribution in [0.25, 0.3) is 0 Å². The highest BCUT2D eigenvalue weighted by atomic mass is 31.1. The molecule has 92 valence electrons. The van der Waals surface area contributed by atoms with Crippen molar-refractivity contribution in [3.63, 3.8) is 0 Å². The van der Waals surface area contributed by atoms with Crippen molar-refractivity contribution in [2.75, 3.05) is 7.11 Å². The Labute approximate surface area is 91.2 Å². The number of esters is 1. The molecule has 7 heteroatoms. The topological polar surface area (TPSA) is 104 Å². The molecule has 0 radical (unpaired) electrons. The molecule has 6 nitrogen and oxygen atoms in total. The molecule has 3 N–H and O–H groups in total. The second-order valence-corrected chi connectivity index (χ2v) is 2.44. The minimum Gasteiger partial charge on any atom is -0.469 e. The van der Waals surface area contributed by atoms with E-state index < -0.39 is 15.0 Å². The molecule has 15 heavy (non-hydrogen) atoms. The highest BCUT2D eigenvalue weighted by Gasteiger charge is 1.89. The Bertz CT molecular complexity index is 133. The molecular formula is C8H19O6P. The molecule has 0 atom stereocenters. The molecular weight excluding hydrogens is 223 g/mol. The first kappa shape index (κ1) is 19.9. The van der Waals surface area contributed by atoms with Crippen molar-refractivity contribution >= 4 is 14.7 Å². The van der Waals surface area contributed by atoms with Gasteiger partial charge in [-0.15, -0.1) is 0 Å². The lowest BCUT2D eigenvalue weighted by molar-refractivity contribution is -0.140. The van der Waals surface area contributed by atoms with Crippen molar-refractivity contribution in [1.82, 2.24) is 0 Å². The van der Waals surface area contributed by atoms with Crippen LogP contribution in [0.5, 0.6) is 0 Å². The molecule has 0 heterocycles. The van der Waals surface area contributed by atoms with Gasteiger partial charge in [0.05, 0.1) is 7.11 Å². The van der Waals surface area contributed by atoms with Crippen LogP contribution in [-0.4, -0.2) is 34.5 Å². The summed E-state index contributed by atoms with van der Waals surface area (Å²) in [4.78, 5) is 16.9. The molecule has 0 amide bonds. The molecule has 0 spiro atoms. The van der Waals surface area contributed by atoms with Gasteiger partial charge in [-0.25, -0.2) is 4.57 Å². The van der Waals surface area contributed by atoms with Gasteiger partial charge < -0.3 is 19.8 Å². The molecule has 0 aromatic heterocycles. The third kappa shape index (κ3) is 42.4. The van der Waals surface area contributed by atoms with Gasteiger partial charge in [0.25, 0.3) is 0 Å². The number of methoxy groups -OCH3 is 1. The van der Waals surface area contributed by atoms with E-state index in [9.17, 15) is 4.79 Å². The van der Waals surface area contributed by atoms with Crippen molar-refractivity contribution in [1.29, 1.82) is 0 Å². The number of rotatable bonds is 3. The molecule has 0 saturated carbocycles. The van der Waals surface area contributed by atoms with Gasteiger partial charge in [-0.2, -0.15) is 0 Å². The normalized spacial score (nSPS) is 8.47. The van der Waals surface area contributed by atoms with Crippen LogP contribution in [0.4, 0.5) is 0 Å². The van der Waals surface area contributed by atoms with Crippen LogP contribution in [0.1, 0.15) is 33.1 Å². The maximum absolute atomic E-state index is 9.96. The predicted octanol–water partition coefficient (Wildman–Crippen LogP) is 0.852. The summed E-state index contributed by atoms with van der Waals surface area (Å²) in [5.74, 6) is -0.157. The maximum atomic E-state index is 9.96. The third-order valence-electron chi connectivity index (χ3n) is 1.06. The average molecular weight is 242 g/mol. The smallest absolute Gasteiger partial charge is 0.324 e. The van der Waals surface area contributed by atoms with Crippen molar-refractivity contribution in [2.24, 2.45) is 0 Å². The van der Waals surface area contributed by atoms with Crippen LogP contribution in [0.3, 0.4) is 0 Å². The Morgan fingerprint density at radius 2 is 1.80 bits per heavy atom. The summed E-state index contributed by atoms with van der Waals surface area (Å²) < 4.78 is 12.7. The fourth-order valence-corrected chi connectivity index (χ4v) is 0.403. The van der Waals surface area contributed by atoms with Crippen LogP contribution in [0.2, 0.25) is 0 Å². The second-order valence-electron chi connectivity index (χ2n) is 2.28. The van der Waals surface area contributed by atoms with E-state index >= 15 is 0 Å². The SMILES string of the molecule is CCC(=O)OC.CCCC(O)O.O=PO. The number of carbonyl (C=O) groups excluding carboxylic acids is 1. The highest BCUT2D eigenvalue weighted by molar-refractivity contribution is 7.16. The first-order valence-electron chi connectivity index (χ1n) is 4.39. The summed E-state index contributed by atoms with van der Waals surface area (Å²) in [7, 11) is 0.547. The van der Waals surface area contributed by atoms with Gasteiger partial charge in [-0.3, -0.25) is 4.79 Å².